The van der Waals surface area contributed by atoms with E-state index in [1.165, 1.54) is 12.0 Å². The van der Waals surface area contributed by atoms with Crippen LogP contribution in [0, 0.1) is 5.92 Å². The first-order valence-electron chi connectivity index (χ1n) is 6.51. The number of rotatable bonds is 4. The monoisotopic (exact) mass is 226 g/mol. The van der Waals surface area contributed by atoms with Crippen molar-refractivity contribution in [1.82, 2.24) is 0 Å². The van der Waals surface area contributed by atoms with Crippen LogP contribution in [0.5, 0.6) is 0 Å². The Morgan fingerprint density at radius 2 is 2.12 bits per heavy atom. The molecule has 1 saturated carbocycles. The average Bonchev–Trinajstić information content (AvgIpc) is 2.75. The highest BCUT2D eigenvalue weighted by molar-refractivity contribution is 6.32. The third kappa shape index (κ3) is 2.46. The molecule has 0 bridgehead atoms. The first-order valence-corrected chi connectivity index (χ1v) is 6.51. The van der Waals surface area contributed by atoms with Crippen LogP contribution in [0.4, 0.5) is 0 Å². The molecule has 0 amide bonds. The van der Waals surface area contributed by atoms with Crippen molar-refractivity contribution in [1.29, 1.82) is 0 Å². The SMILES string of the molecule is [B]c1ccc(C2(CCC)CCC(C=O)C2)cc1. The molecule has 0 saturated heterocycles. The normalized spacial score (nSPS) is 28.2. The molecule has 1 aromatic rings. The molecule has 2 rings (SSSR count). The molecule has 2 atom stereocenters. The van der Waals surface area contributed by atoms with E-state index < -0.39 is 0 Å². The van der Waals surface area contributed by atoms with E-state index in [9.17, 15) is 4.79 Å². The Balaban J connectivity index is 2.28. The number of hydrogen-bond acceptors (Lipinski definition) is 1. The Kier molecular flexibility index (Phi) is 3.71. The summed E-state index contributed by atoms with van der Waals surface area (Å²) in [4.78, 5) is 11.0. The molecule has 1 nitrogen and oxygen atoms in total. The van der Waals surface area contributed by atoms with Crippen molar-refractivity contribution < 1.29 is 4.79 Å². The van der Waals surface area contributed by atoms with E-state index in [4.69, 9.17) is 7.85 Å². The lowest BCUT2D eigenvalue weighted by molar-refractivity contribution is -0.111. The number of benzene rings is 1. The van der Waals surface area contributed by atoms with Crippen LogP contribution < -0.4 is 5.46 Å². The van der Waals surface area contributed by atoms with E-state index in [-0.39, 0.29) is 11.3 Å². The van der Waals surface area contributed by atoms with Crippen LogP contribution >= 0.6 is 0 Å². The zero-order valence-electron chi connectivity index (χ0n) is 10.5. The summed E-state index contributed by atoms with van der Waals surface area (Å²) in [5.74, 6) is 0.249. The maximum absolute atomic E-state index is 11.0. The lowest BCUT2D eigenvalue weighted by Crippen LogP contribution is -2.23. The van der Waals surface area contributed by atoms with E-state index >= 15 is 0 Å². The predicted molar refractivity (Wildman–Crippen MR) is 71.8 cm³/mol. The highest BCUT2D eigenvalue weighted by atomic mass is 16.1. The van der Waals surface area contributed by atoms with E-state index in [2.05, 4.69) is 19.1 Å². The molecule has 17 heavy (non-hydrogen) atoms. The van der Waals surface area contributed by atoms with Crippen molar-refractivity contribution in [3.05, 3.63) is 29.8 Å². The number of aldehydes is 1. The van der Waals surface area contributed by atoms with Crippen molar-refractivity contribution in [3.8, 4) is 0 Å². The summed E-state index contributed by atoms with van der Waals surface area (Å²) in [5.41, 5.74) is 2.39. The first-order chi connectivity index (χ1) is 8.20. The van der Waals surface area contributed by atoms with E-state index in [1.54, 1.807) is 0 Å². The molecule has 2 radical (unpaired) electrons. The number of carbonyl (C=O) groups excluding carboxylic acids is 1. The van der Waals surface area contributed by atoms with E-state index in [1.807, 2.05) is 12.1 Å². The van der Waals surface area contributed by atoms with Gasteiger partial charge in [-0.2, -0.15) is 0 Å². The van der Waals surface area contributed by atoms with Crippen LogP contribution in [0.3, 0.4) is 0 Å². The highest BCUT2D eigenvalue weighted by Gasteiger charge is 2.39. The van der Waals surface area contributed by atoms with Crippen LogP contribution in [0.15, 0.2) is 24.3 Å². The summed E-state index contributed by atoms with van der Waals surface area (Å²) in [6, 6.07) is 8.22. The smallest absolute Gasteiger partial charge is 0.123 e. The van der Waals surface area contributed by atoms with Gasteiger partial charge in [0.05, 0.1) is 0 Å². The fraction of sp³-hybridized carbons (Fsp3) is 0.533. The molecule has 0 aliphatic heterocycles. The average molecular weight is 226 g/mol. The summed E-state index contributed by atoms with van der Waals surface area (Å²) < 4.78 is 0. The van der Waals surface area contributed by atoms with Gasteiger partial charge in [0, 0.05) is 5.92 Å². The van der Waals surface area contributed by atoms with E-state index in [0.29, 0.717) is 0 Å². The fourth-order valence-corrected chi connectivity index (χ4v) is 3.23. The second-order valence-corrected chi connectivity index (χ2v) is 5.29. The molecule has 1 fully saturated rings. The maximum Gasteiger partial charge on any atom is 0.123 e. The second kappa shape index (κ2) is 5.08. The van der Waals surface area contributed by atoms with Gasteiger partial charge in [-0.15, -0.1) is 0 Å². The highest BCUT2D eigenvalue weighted by Crippen LogP contribution is 2.46. The quantitative estimate of drug-likeness (QED) is 0.569. The topological polar surface area (TPSA) is 17.1 Å². The van der Waals surface area contributed by atoms with Gasteiger partial charge in [0.2, 0.25) is 0 Å². The summed E-state index contributed by atoms with van der Waals surface area (Å²) in [5, 5.41) is 0. The summed E-state index contributed by atoms with van der Waals surface area (Å²) >= 11 is 0. The predicted octanol–water partition coefficient (Wildman–Crippen LogP) is 2.52. The molecule has 2 heteroatoms. The zero-order chi connectivity index (χ0) is 12.3. The first kappa shape index (κ1) is 12.4. The van der Waals surface area contributed by atoms with Crippen LogP contribution in [0.2, 0.25) is 0 Å². The van der Waals surface area contributed by atoms with Gasteiger partial charge in [-0.1, -0.05) is 43.1 Å². The van der Waals surface area contributed by atoms with Gasteiger partial charge in [0.15, 0.2) is 0 Å². The Hall–Kier alpha value is -1.05. The number of hydrogen-bond donors (Lipinski definition) is 0. The maximum atomic E-state index is 11.0. The zero-order valence-corrected chi connectivity index (χ0v) is 10.5. The van der Waals surface area contributed by atoms with Crippen molar-refractivity contribution in [2.24, 2.45) is 5.92 Å². The van der Waals surface area contributed by atoms with Crippen LogP contribution in [0.1, 0.15) is 44.6 Å². The third-order valence-corrected chi connectivity index (χ3v) is 4.09. The summed E-state index contributed by atoms with van der Waals surface area (Å²) in [6.07, 6.45) is 6.64. The standard InChI is InChI=1S/C15H19BO/c1-2-8-15(9-7-12(10-15)11-17)13-3-5-14(16)6-4-13/h3-6,11-12H,2,7-10H2,1H3. The fourth-order valence-electron chi connectivity index (χ4n) is 3.23. The molecule has 0 spiro atoms. The molecular formula is C15H19BO. The molecular weight excluding hydrogens is 207 g/mol. The van der Waals surface area contributed by atoms with Crippen LogP contribution in [0.25, 0.3) is 0 Å². The Bertz CT molecular complexity index is 384. The van der Waals surface area contributed by atoms with Crippen molar-refractivity contribution in [3.63, 3.8) is 0 Å². The molecule has 1 aliphatic rings. The van der Waals surface area contributed by atoms with E-state index in [0.717, 1.165) is 37.4 Å². The van der Waals surface area contributed by atoms with Crippen LogP contribution in [-0.2, 0) is 10.2 Å². The lowest BCUT2D eigenvalue weighted by Gasteiger charge is -2.30. The molecule has 1 aromatic carbocycles. The van der Waals surface area contributed by atoms with Gasteiger partial charge in [-0.05, 0) is 36.7 Å². The Morgan fingerprint density at radius 1 is 1.41 bits per heavy atom. The Morgan fingerprint density at radius 3 is 2.65 bits per heavy atom. The third-order valence-electron chi connectivity index (χ3n) is 4.09. The van der Waals surface area contributed by atoms with Gasteiger partial charge in [-0.3, -0.25) is 0 Å². The molecule has 0 heterocycles. The minimum Gasteiger partial charge on any atom is -0.303 e. The minimum atomic E-state index is 0.216. The largest absolute Gasteiger partial charge is 0.303 e. The van der Waals surface area contributed by atoms with Gasteiger partial charge < -0.3 is 4.79 Å². The van der Waals surface area contributed by atoms with Gasteiger partial charge in [0.25, 0.3) is 0 Å². The molecule has 0 aromatic heterocycles. The molecule has 0 N–H and O–H groups in total. The number of carbonyl (C=O) groups is 1. The van der Waals surface area contributed by atoms with Crippen molar-refractivity contribution in [2.75, 3.05) is 0 Å². The molecule has 88 valence electrons. The minimum absolute atomic E-state index is 0.216. The summed E-state index contributed by atoms with van der Waals surface area (Å²) in [6.45, 7) is 2.22. The molecule has 2 unspecified atom stereocenters. The van der Waals surface area contributed by atoms with Gasteiger partial charge in [-0.25, -0.2) is 0 Å². The molecule has 1 aliphatic carbocycles. The van der Waals surface area contributed by atoms with Crippen molar-refractivity contribution >= 4 is 19.6 Å². The lowest BCUT2D eigenvalue weighted by atomic mass is 9.74. The Labute approximate surface area is 105 Å². The summed E-state index contributed by atoms with van der Waals surface area (Å²) in [7, 11) is 5.74. The second-order valence-electron chi connectivity index (χ2n) is 5.29. The van der Waals surface area contributed by atoms with Crippen LogP contribution in [-0.4, -0.2) is 14.1 Å². The van der Waals surface area contributed by atoms with Gasteiger partial charge in [0.1, 0.15) is 14.1 Å². The van der Waals surface area contributed by atoms with Gasteiger partial charge >= 0.3 is 0 Å². The van der Waals surface area contributed by atoms with Crippen molar-refractivity contribution in [2.45, 2.75) is 44.4 Å².